The van der Waals surface area contributed by atoms with E-state index in [1.54, 1.807) is 0 Å². The molecule has 14 heavy (non-hydrogen) atoms. The Morgan fingerprint density at radius 2 is 1.57 bits per heavy atom. The molecule has 0 heterocycles. The average Bonchev–Trinajstić information content (AvgIpc) is 1.80. The van der Waals surface area contributed by atoms with Crippen LogP contribution in [0.25, 0.3) is 0 Å². The summed E-state index contributed by atoms with van der Waals surface area (Å²) in [5.41, 5.74) is 1.12. The van der Waals surface area contributed by atoms with Crippen molar-refractivity contribution in [3.8, 4) is 0 Å². The molecule has 0 bridgehead atoms. The van der Waals surface area contributed by atoms with Gasteiger partial charge in [-0.15, -0.1) is 0 Å². The molecule has 0 rings (SSSR count). The largest absolute Gasteiger partial charge is 0.418 e. The number of aliphatic hydroxyl groups is 1. The topological polar surface area (TPSA) is 29.5 Å². The highest BCUT2D eigenvalue weighted by Gasteiger charge is 2.42. The van der Waals surface area contributed by atoms with Crippen molar-refractivity contribution < 1.29 is 9.53 Å². The minimum absolute atomic E-state index is 0.506. The monoisotopic (exact) mass is 234 g/mol. The molecule has 0 saturated carbocycles. The lowest BCUT2D eigenvalue weighted by Gasteiger charge is -2.39. The van der Waals surface area contributed by atoms with Crippen molar-refractivity contribution in [2.75, 3.05) is 6.61 Å². The summed E-state index contributed by atoms with van der Waals surface area (Å²) >= 11 is 0. The van der Waals surface area contributed by atoms with Crippen molar-refractivity contribution in [2.45, 2.75) is 57.9 Å². The predicted molar refractivity (Wildman–Crippen MR) is 67.7 cm³/mol. The fourth-order valence-corrected chi connectivity index (χ4v) is 13.2. The molecule has 0 fully saturated rings. The summed E-state index contributed by atoms with van der Waals surface area (Å²) < 4.78 is 5.82. The lowest BCUT2D eigenvalue weighted by atomic mass is 10.5. The molecular weight excluding hydrogens is 208 g/mol. The molecule has 0 spiro atoms. The summed E-state index contributed by atoms with van der Waals surface area (Å²) in [6.45, 7) is 15.7. The molecule has 0 aromatic carbocycles. The molecule has 0 aromatic rings. The van der Waals surface area contributed by atoms with Gasteiger partial charge >= 0.3 is 0 Å². The van der Waals surface area contributed by atoms with Gasteiger partial charge in [0, 0.05) is 11.8 Å². The minimum Gasteiger partial charge on any atom is -0.418 e. The first-order valence-electron chi connectivity index (χ1n) is 5.38. The van der Waals surface area contributed by atoms with Crippen LogP contribution in [-0.2, 0) is 4.43 Å². The first kappa shape index (κ1) is 14.4. The first-order valence-corrected chi connectivity index (χ1v) is 11.7. The van der Waals surface area contributed by atoms with E-state index in [0.717, 1.165) is 12.3 Å². The van der Waals surface area contributed by atoms with Crippen LogP contribution in [-0.4, -0.2) is 33.3 Å². The van der Waals surface area contributed by atoms with Gasteiger partial charge in [0.25, 0.3) is 0 Å². The van der Waals surface area contributed by atoms with Gasteiger partial charge in [-0.05, 0) is 39.5 Å². The minimum atomic E-state index is -1.59. The summed E-state index contributed by atoms with van der Waals surface area (Å²) in [4.78, 5) is 0. The first-order chi connectivity index (χ1) is 6.02. The Labute approximate surface area is 90.8 Å². The van der Waals surface area contributed by atoms with E-state index in [1.165, 1.54) is 0 Å². The van der Waals surface area contributed by atoms with E-state index in [9.17, 15) is 5.11 Å². The van der Waals surface area contributed by atoms with Gasteiger partial charge in [0.1, 0.15) is 0 Å². The molecule has 4 heteroatoms. The van der Waals surface area contributed by atoms with E-state index < -0.39 is 21.6 Å². The van der Waals surface area contributed by atoms with Crippen LogP contribution >= 0.6 is 0 Å². The van der Waals surface area contributed by atoms with E-state index in [2.05, 4.69) is 26.2 Å². The molecule has 0 saturated heterocycles. The van der Waals surface area contributed by atoms with E-state index in [0.29, 0.717) is 0 Å². The van der Waals surface area contributed by atoms with Gasteiger partial charge in [-0.3, -0.25) is 0 Å². The highest BCUT2D eigenvalue weighted by atomic mass is 28.4. The van der Waals surface area contributed by atoms with Gasteiger partial charge in [0.2, 0.25) is 0 Å². The Bertz CT molecular complexity index is 183. The standard InChI is InChI=1S/C10H26O2Si2/c1-8-12-14(6,7)9-13(4,5)10(2,3)11/h11H,8-9H2,1-7H3. The zero-order valence-electron chi connectivity index (χ0n) is 10.8. The van der Waals surface area contributed by atoms with E-state index in [1.807, 2.05) is 20.8 Å². The van der Waals surface area contributed by atoms with Crippen LogP contribution in [0.2, 0.25) is 31.9 Å². The quantitative estimate of drug-likeness (QED) is 0.741. The molecule has 0 aliphatic rings. The summed E-state index contributed by atoms with van der Waals surface area (Å²) in [5.74, 6) is 0. The van der Waals surface area contributed by atoms with Crippen molar-refractivity contribution in [2.24, 2.45) is 0 Å². The van der Waals surface area contributed by atoms with Crippen molar-refractivity contribution in [3.05, 3.63) is 0 Å². The SMILES string of the molecule is CCO[Si](C)(C)C[Si](C)(C)C(C)(C)O. The van der Waals surface area contributed by atoms with Crippen molar-refractivity contribution in [1.82, 2.24) is 0 Å². The molecule has 1 N–H and O–H groups in total. The van der Waals surface area contributed by atoms with Gasteiger partial charge < -0.3 is 9.53 Å². The van der Waals surface area contributed by atoms with Crippen LogP contribution < -0.4 is 0 Å². The molecule has 0 aromatic heterocycles. The third-order valence-corrected chi connectivity index (χ3v) is 14.4. The molecule has 0 radical (unpaired) electrons. The van der Waals surface area contributed by atoms with Crippen molar-refractivity contribution in [1.29, 1.82) is 0 Å². The maximum atomic E-state index is 10.1. The summed E-state index contributed by atoms with van der Waals surface area (Å²) in [6.07, 6.45) is 0. The maximum absolute atomic E-state index is 10.1. The zero-order valence-corrected chi connectivity index (χ0v) is 12.8. The average molecular weight is 234 g/mol. The fourth-order valence-electron chi connectivity index (χ4n) is 1.72. The zero-order chi connectivity index (χ0) is 11.6. The molecule has 2 nitrogen and oxygen atoms in total. The van der Waals surface area contributed by atoms with Crippen LogP contribution in [0.15, 0.2) is 0 Å². The van der Waals surface area contributed by atoms with Crippen LogP contribution in [0.1, 0.15) is 20.8 Å². The predicted octanol–water partition coefficient (Wildman–Crippen LogP) is 2.79. The summed E-state index contributed by atoms with van der Waals surface area (Å²) in [5, 5.41) is 9.60. The highest BCUT2D eigenvalue weighted by Crippen LogP contribution is 2.29. The Kier molecular flexibility index (Phi) is 4.58. The van der Waals surface area contributed by atoms with Crippen LogP contribution in [0.5, 0.6) is 0 Å². The van der Waals surface area contributed by atoms with Crippen LogP contribution in [0.4, 0.5) is 0 Å². The fraction of sp³-hybridized carbons (Fsp3) is 1.00. The normalized spacial score (nSPS) is 14.6. The number of hydrogen-bond donors (Lipinski definition) is 1. The number of rotatable bonds is 5. The molecular formula is C10H26O2Si2. The molecule has 0 aliphatic heterocycles. The van der Waals surface area contributed by atoms with E-state index in [-0.39, 0.29) is 0 Å². The summed E-state index contributed by atoms with van der Waals surface area (Å²) in [6, 6.07) is 0. The second-order valence-electron chi connectivity index (χ2n) is 5.81. The van der Waals surface area contributed by atoms with E-state index in [4.69, 9.17) is 4.43 Å². The Morgan fingerprint density at radius 1 is 1.14 bits per heavy atom. The maximum Gasteiger partial charge on any atom is 0.184 e. The lowest BCUT2D eigenvalue weighted by molar-refractivity contribution is 0.156. The smallest absolute Gasteiger partial charge is 0.184 e. The molecule has 86 valence electrons. The van der Waals surface area contributed by atoms with Gasteiger partial charge in [0.05, 0.1) is 8.07 Å². The van der Waals surface area contributed by atoms with Crippen molar-refractivity contribution in [3.63, 3.8) is 0 Å². The molecule has 0 atom stereocenters. The van der Waals surface area contributed by atoms with E-state index >= 15 is 0 Å². The molecule has 0 unspecified atom stereocenters. The Morgan fingerprint density at radius 3 is 1.86 bits per heavy atom. The lowest BCUT2D eigenvalue weighted by Crippen LogP contribution is -2.55. The summed E-state index contributed by atoms with van der Waals surface area (Å²) in [7, 11) is -3.13. The Hall–Kier alpha value is 0.354. The van der Waals surface area contributed by atoms with Gasteiger partial charge in [-0.25, -0.2) is 0 Å². The van der Waals surface area contributed by atoms with Crippen LogP contribution in [0.3, 0.4) is 0 Å². The second-order valence-corrected chi connectivity index (χ2v) is 16.0. The highest BCUT2D eigenvalue weighted by molar-refractivity contribution is 6.94. The third-order valence-electron chi connectivity index (χ3n) is 3.06. The molecule has 0 aliphatic carbocycles. The second kappa shape index (κ2) is 4.47. The van der Waals surface area contributed by atoms with Crippen molar-refractivity contribution >= 4 is 16.4 Å². The van der Waals surface area contributed by atoms with Crippen LogP contribution in [0, 0.1) is 0 Å². The Balaban J connectivity index is 4.50. The van der Waals surface area contributed by atoms with Gasteiger partial charge in [0.15, 0.2) is 8.32 Å². The number of hydrogen-bond acceptors (Lipinski definition) is 2. The molecule has 0 amide bonds. The third kappa shape index (κ3) is 4.25. The van der Waals surface area contributed by atoms with Gasteiger partial charge in [-0.1, -0.05) is 13.1 Å². The van der Waals surface area contributed by atoms with Gasteiger partial charge in [-0.2, -0.15) is 0 Å².